The first-order valence-corrected chi connectivity index (χ1v) is 16.0. The van der Waals surface area contributed by atoms with Crippen molar-refractivity contribution in [2.24, 2.45) is 5.41 Å². The maximum atomic E-state index is 14.3. The van der Waals surface area contributed by atoms with Gasteiger partial charge in [-0.25, -0.2) is 23.2 Å². The average molecular weight is 737 g/mol. The fraction of sp³-hybridized carbons (Fsp3) is 0.406. The Bertz CT molecular complexity index is 1860. The Morgan fingerprint density at radius 1 is 1.06 bits per heavy atom. The second-order valence-electron chi connectivity index (χ2n) is 13.0. The average Bonchev–Trinajstić information content (AvgIpc) is 3.43. The van der Waals surface area contributed by atoms with Crippen LogP contribution in [0, 0.1) is 10.8 Å². The number of hydrogen-bond acceptors (Lipinski definition) is 8. The number of rotatable bonds is 11. The molecule has 0 spiro atoms. The molecule has 51 heavy (non-hydrogen) atoms. The van der Waals surface area contributed by atoms with Gasteiger partial charge in [0.15, 0.2) is 11.8 Å². The van der Waals surface area contributed by atoms with Crippen LogP contribution in [0.25, 0.3) is 11.4 Å². The molecule has 0 saturated heterocycles. The van der Waals surface area contributed by atoms with E-state index < -0.39 is 54.6 Å². The van der Waals surface area contributed by atoms with Gasteiger partial charge >= 0.3 is 12.3 Å². The van der Waals surface area contributed by atoms with Crippen LogP contribution in [-0.4, -0.2) is 77.5 Å². The van der Waals surface area contributed by atoms with Gasteiger partial charge in [-0.3, -0.25) is 15.1 Å². The molecule has 19 heteroatoms. The summed E-state index contributed by atoms with van der Waals surface area (Å²) >= 11 is 6.40. The Balaban J connectivity index is 1.56. The minimum atomic E-state index is -4.73. The van der Waals surface area contributed by atoms with E-state index in [1.54, 1.807) is 12.1 Å². The number of amides is 2. The first kappa shape index (κ1) is 37.1. The third-order valence-corrected chi connectivity index (χ3v) is 8.38. The van der Waals surface area contributed by atoms with Gasteiger partial charge in [-0.15, -0.1) is 0 Å². The molecule has 5 rings (SSSR count). The van der Waals surface area contributed by atoms with Crippen molar-refractivity contribution < 1.29 is 36.3 Å². The minimum absolute atomic E-state index is 0.0384. The van der Waals surface area contributed by atoms with Crippen molar-refractivity contribution in [3.63, 3.8) is 0 Å². The Kier molecular flexibility index (Phi) is 10.6. The molecule has 1 aliphatic carbocycles. The number of aromatic nitrogens is 6. The van der Waals surface area contributed by atoms with E-state index in [1.165, 1.54) is 47.5 Å². The Hall–Kier alpha value is -5.13. The van der Waals surface area contributed by atoms with Gasteiger partial charge < -0.3 is 15.4 Å². The third-order valence-electron chi connectivity index (χ3n) is 8.06. The zero-order valence-corrected chi connectivity index (χ0v) is 28.3. The summed E-state index contributed by atoms with van der Waals surface area (Å²) in [5, 5.41) is 25.8. The van der Waals surface area contributed by atoms with E-state index in [-0.39, 0.29) is 46.6 Å². The van der Waals surface area contributed by atoms with E-state index >= 15 is 0 Å². The molecule has 0 radical (unpaired) electrons. The number of benzene rings is 2. The van der Waals surface area contributed by atoms with Crippen molar-refractivity contribution in [3.8, 4) is 11.4 Å². The molecule has 0 bridgehead atoms. The first-order valence-electron chi connectivity index (χ1n) is 15.6. The zero-order chi connectivity index (χ0) is 37.1. The monoisotopic (exact) mass is 736 g/mol. The van der Waals surface area contributed by atoms with Gasteiger partial charge in [0, 0.05) is 12.1 Å². The molecule has 272 valence electrons. The van der Waals surface area contributed by atoms with Gasteiger partial charge in [-0.05, 0) is 66.6 Å². The first-order chi connectivity index (χ1) is 24.0. The fourth-order valence-corrected chi connectivity index (χ4v) is 5.26. The van der Waals surface area contributed by atoms with Crippen molar-refractivity contribution >= 4 is 29.6 Å². The second kappa shape index (κ2) is 14.6. The summed E-state index contributed by atoms with van der Waals surface area (Å²) in [6, 6.07) is 8.66. The lowest BCUT2D eigenvalue weighted by atomic mass is 9.92. The number of guanidine groups is 1. The van der Waals surface area contributed by atoms with Gasteiger partial charge in [0.1, 0.15) is 18.5 Å². The molecule has 1 fully saturated rings. The fourth-order valence-electron chi connectivity index (χ4n) is 5.06. The van der Waals surface area contributed by atoms with Crippen LogP contribution in [0.3, 0.4) is 0 Å². The van der Waals surface area contributed by atoms with E-state index in [4.69, 9.17) is 21.7 Å². The molecular formula is C32H34ClF5N10O3. The van der Waals surface area contributed by atoms with Crippen molar-refractivity contribution in [2.75, 3.05) is 13.2 Å². The summed E-state index contributed by atoms with van der Waals surface area (Å²) in [5.41, 5.74) is -1.98. The van der Waals surface area contributed by atoms with Gasteiger partial charge in [-0.2, -0.15) is 33.3 Å². The van der Waals surface area contributed by atoms with E-state index in [0.29, 0.717) is 12.1 Å². The molecule has 2 amide bonds. The van der Waals surface area contributed by atoms with E-state index in [1.807, 2.05) is 26.1 Å². The van der Waals surface area contributed by atoms with Crippen LogP contribution >= 0.6 is 11.6 Å². The van der Waals surface area contributed by atoms with Crippen molar-refractivity contribution in [2.45, 2.75) is 64.2 Å². The summed E-state index contributed by atoms with van der Waals surface area (Å²) in [5.74, 6) is -1.94. The van der Waals surface area contributed by atoms with Crippen LogP contribution in [0.15, 0.2) is 61.2 Å². The number of carbonyl (C=O) groups is 2. The number of alkyl halides is 5. The number of alkyl carbamates (subject to hydrolysis) is 1. The number of halogens is 6. The van der Waals surface area contributed by atoms with Gasteiger partial charge in [-0.1, -0.05) is 38.4 Å². The number of carbonyl (C=O) groups excluding carboxylic acids is 2. The number of ether oxygens (including phenoxy) is 1. The molecule has 1 aliphatic rings. The summed E-state index contributed by atoms with van der Waals surface area (Å²) in [6.45, 7) is 5.42. The maximum absolute atomic E-state index is 14.3. The Morgan fingerprint density at radius 3 is 2.31 bits per heavy atom. The quantitative estimate of drug-likeness (QED) is 0.0907. The number of nitrogens with zero attached hydrogens (tertiary/aromatic N) is 7. The molecule has 2 heterocycles. The largest absolute Gasteiger partial charge is 0.447 e. The summed E-state index contributed by atoms with van der Waals surface area (Å²) in [4.78, 5) is 33.1. The lowest BCUT2D eigenvalue weighted by Gasteiger charge is -2.33. The molecule has 0 aliphatic heterocycles. The van der Waals surface area contributed by atoms with Crippen molar-refractivity contribution in [1.29, 1.82) is 5.41 Å². The molecule has 1 saturated carbocycles. The molecule has 13 nitrogen and oxygen atoms in total. The minimum Gasteiger partial charge on any atom is -0.447 e. The molecule has 4 aromatic rings. The highest BCUT2D eigenvalue weighted by molar-refractivity contribution is 6.32. The predicted molar refractivity (Wildman–Crippen MR) is 174 cm³/mol. The van der Waals surface area contributed by atoms with Crippen LogP contribution in [0.2, 0.25) is 5.02 Å². The molecular weight excluding hydrogens is 703 g/mol. The highest BCUT2D eigenvalue weighted by atomic mass is 35.5. The Morgan fingerprint density at radius 2 is 1.73 bits per heavy atom. The summed E-state index contributed by atoms with van der Waals surface area (Å²) in [6.07, 6.45) is -5.45. The number of hydrogen-bond donors (Lipinski definition) is 3. The zero-order valence-electron chi connectivity index (χ0n) is 27.6. The predicted octanol–water partition coefficient (Wildman–Crippen LogP) is 6.40. The summed E-state index contributed by atoms with van der Waals surface area (Å²) in [7, 11) is 0. The number of nitrogens with one attached hydrogen (secondary N) is 3. The lowest BCUT2D eigenvalue weighted by Crippen LogP contribution is -2.50. The van der Waals surface area contributed by atoms with Crippen molar-refractivity contribution in [3.05, 3.63) is 83.2 Å². The van der Waals surface area contributed by atoms with Gasteiger partial charge in [0.2, 0.25) is 0 Å². The molecule has 3 N–H and O–H groups in total. The smallest absolute Gasteiger partial charge is 0.411 e. The van der Waals surface area contributed by atoms with E-state index in [0.717, 1.165) is 15.9 Å². The standard InChI is InChI=1S/C32H34ClF5N10O3/c1-30(2,3)12-13-40-28(39)46(27(49)19-4-7-21(8-5-19)48-42-14-15-43-48)24(17-51-29(50)45-31(10-11-31)32(36,37)38)20-6-9-22(33)23(16-20)47-26(25(34)35)41-18-44-47/h4-9,14-16,18,24-25H,10-13,17H2,1-3H3,(H2,39,40)(H,45,50)/t24-/m1/s1. The second-order valence-corrected chi connectivity index (χ2v) is 13.4. The molecule has 0 unspecified atom stereocenters. The van der Waals surface area contributed by atoms with Crippen LogP contribution in [-0.2, 0) is 4.74 Å². The van der Waals surface area contributed by atoms with Gasteiger partial charge in [0.25, 0.3) is 12.3 Å². The van der Waals surface area contributed by atoms with E-state index in [2.05, 4.69) is 25.6 Å². The molecule has 1 atom stereocenters. The van der Waals surface area contributed by atoms with Crippen molar-refractivity contribution in [1.82, 2.24) is 45.3 Å². The van der Waals surface area contributed by atoms with Crippen LogP contribution in [0.1, 0.15) is 74.2 Å². The van der Waals surface area contributed by atoms with Gasteiger partial charge in [0.05, 0.1) is 34.8 Å². The van der Waals surface area contributed by atoms with Crippen LogP contribution < -0.4 is 10.6 Å². The molecule has 2 aromatic carbocycles. The third kappa shape index (κ3) is 8.61. The lowest BCUT2D eigenvalue weighted by molar-refractivity contribution is -0.164. The normalized spacial score (nSPS) is 14.5. The SMILES string of the molecule is CC(C)(C)CCNC(=N)N(C(=O)c1ccc(-n2nccn2)cc1)[C@H](COC(=O)NC1(C(F)(F)F)CC1)c1ccc(Cl)c(-n2ncnc2C(F)F)c1. The highest BCUT2D eigenvalue weighted by Gasteiger charge is 2.64. The van der Waals surface area contributed by atoms with Crippen LogP contribution in [0.4, 0.5) is 26.7 Å². The topological polar surface area (TPSA) is 156 Å². The molecule has 2 aromatic heterocycles. The highest BCUT2D eigenvalue weighted by Crippen LogP contribution is 2.49. The maximum Gasteiger partial charge on any atom is 0.411 e. The summed E-state index contributed by atoms with van der Waals surface area (Å²) < 4.78 is 74.6. The Labute approximate surface area is 293 Å². The van der Waals surface area contributed by atoms with E-state index in [9.17, 15) is 31.5 Å². The van der Waals surface area contributed by atoms with Crippen LogP contribution in [0.5, 0.6) is 0 Å².